The van der Waals surface area contributed by atoms with Gasteiger partial charge in [0.2, 0.25) is 0 Å². The molecule has 0 aliphatic carbocycles. The number of amides is 1. The van der Waals surface area contributed by atoms with Crippen molar-refractivity contribution in [3.05, 3.63) is 28.8 Å². The van der Waals surface area contributed by atoms with Crippen molar-refractivity contribution in [1.82, 2.24) is 15.4 Å². The van der Waals surface area contributed by atoms with Crippen molar-refractivity contribution in [2.45, 2.75) is 26.2 Å². The summed E-state index contributed by atoms with van der Waals surface area (Å²) >= 11 is 1.71. The first-order valence-electron chi connectivity index (χ1n) is 12.1. The zero-order chi connectivity index (χ0) is 26.6. The monoisotopic (exact) mass is 526 g/mol. The molecule has 1 amide bonds. The van der Waals surface area contributed by atoms with Gasteiger partial charge >= 0.3 is 0 Å². The highest BCUT2D eigenvalue weighted by Crippen LogP contribution is 2.38. The van der Waals surface area contributed by atoms with E-state index in [1.165, 1.54) is 17.3 Å². The summed E-state index contributed by atoms with van der Waals surface area (Å²) in [5, 5.41) is 8.87. The number of ether oxygens (including phenoxy) is 1. The lowest BCUT2D eigenvalue weighted by molar-refractivity contribution is -0.124. The molecule has 0 aromatic carbocycles. The van der Waals surface area contributed by atoms with E-state index in [-0.39, 0.29) is 5.57 Å². The fourth-order valence-corrected chi connectivity index (χ4v) is 4.70. The van der Waals surface area contributed by atoms with Gasteiger partial charge < -0.3 is 14.5 Å². The van der Waals surface area contributed by atoms with Crippen LogP contribution < -0.4 is 15.3 Å². The van der Waals surface area contributed by atoms with E-state index in [0.29, 0.717) is 56.7 Å². The predicted octanol–water partition coefficient (Wildman–Crippen LogP) is 3.31. The Bertz CT molecular complexity index is 1140. The molecule has 0 saturated carbocycles. The number of nitrogens with zero attached hydrogens (tertiary/aromatic N) is 7. The normalized spacial score (nSPS) is 14.1. The average Bonchev–Trinajstić information content (AvgIpc) is 3.41. The second kappa shape index (κ2) is 14.3. The molecule has 0 spiro atoms. The highest BCUT2D eigenvalue weighted by molar-refractivity contribution is 7.15. The molecule has 12 heteroatoms. The van der Waals surface area contributed by atoms with Gasteiger partial charge in [-0.05, 0) is 38.4 Å². The fraction of sp³-hybridized carbons (Fsp3) is 0.440. The second-order valence-electron chi connectivity index (χ2n) is 8.33. The molecule has 1 aliphatic rings. The summed E-state index contributed by atoms with van der Waals surface area (Å²) in [5.41, 5.74) is 2.26. The molecule has 37 heavy (non-hydrogen) atoms. The lowest BCUT2D eigenvalue weighted by atomic mass is 10.2. The average molecular weight is 527 g/mol. The molecule has 2 aromatic rings. The number of rotatable bonds is 13. The van der Waals surface area contributed by atoms with Crippen LogP contribution in [0.1, 0.15) is 24.6 Å². The van der Waals surface area contributed by atoms with Crippen LogP contribution >= 0.6 is 11.3 Å². The molecular weight excluding hydrogens is 492 g/mol. The lowest BCUT2D eigenvalue weighted by Gasteiger charge is -2.30. The minimum atomic E-state index is -0.715. The first-order valence-corrected chi connectivity index (χ1v) is 13.0. The Labute approximate surface area is 221 Å². The first kappa shape index (κ1) is 28.1. The largest absolute Gasteiger partial charge is 0.378 e. The van der Waals surface area contributed by atoms with Gasteiger partial charge in [-0.15, -0.1) is 11.3 Å². The van der Waals surface area contributed by atoms with Gasteiger partial charge in [0.25, 0.3) is 5.91 Å². The minimum absolute atomic E-state index is 0.0871. The fourth-order valence-electron chi connectivity index (χ4n) is 3.72. The third-order valence-corrected chi connectivity index (χ3v) is 6.87. The number of morpholine rings is 1. The van der Waals surface area contributed by atoms with Gasteiger partial charge in [-0.3, -0.25) is 25.0 Å². The number of anilines is 2. The molecule has 11 nitrogen and oxygen atoms in total. The smallest absolute Gasteiger partial charge is 0.277 e. The van der Waals surface area contributed by atoms with E-state index in [4.69, 9.17) is 19.9 Å². The standard InChI is InChI=1S/C25H34N8O3S/c1-5-6-7-19-8-9-20(37-19)22-29-23(21(27-3)24(30-22)33-12-14-36-15-13-33)32(4)11-10-28-17-18(16-26-2)25(34)31-35/h8-9,16-17,35H,2-3,5-7,10-15H2,1,4H3,(H,31,34)/b18-16+,28-17?. The first-order chi connectivity index (χ1) is 18.0. The maximum Gasteiger partial charge on any atom is 0.277 e. The van der Waals surface area contributed by atoms with Crippen molar-refractivity contribution >= 4 is 54.2 Å². The molecule has 1 aliphatic heterocycles. The molecule has 2 N–H and O–H groups in total. The van der Waals surface area contributed by atoms with Crippen molar-refractivity contribution in [2.75, 3.05) is 56.2 Å². The van der Waals surface area contributed by atoms with Crippen LogP contribution in [0.5, 0.6) is 0 Å². The highest BCUT2D eigenvalue weighted by Gasteiger charge is 2.24. The van der Waals surface area contributed by atoms with Crippen LogP contribution in [-0.2, 0) is 16.0 Å². The number of unbranched alkanes of at least 4 members (excludes halogenated alkanes) is 1. The van der Waals surface area contributed by atoms with Gasteiger partial charge in [-0.25, -0.2) is 15.4 Å². The van der Waals surface area contributed by atoms with E-state index >= 15 is 0 Å². The maximum absolute atomic E-state index is 11.7. The van der Waals surface area contributed by atoms with Crippen molar-refractivity contribution in [3.63, 3.8) is 0 Å². The summed E-state index contributed by atoms with van der Waals surface area (Å²) in [6, 6.07) is 4.23. The third kappa shape index (κ3) is 7.51. The number of thiophene rings is 1. The van der Waals surface area contributed by atoms with Crippen LogP contribution in [0.3, 0.4) is 0 Å². The number of aromatic nitrogens is 2. The Balaban J connectivity index is 1.90. The number of hydrogen-bond acceptors (Lipinski definition) is 11. The number of hydroxylamine groups is 1. The number of hydrogen-bond donors (Lipinski definition) is 2. The van der Waals surface area contributed by atoms with E-state index < -0.39 is 5.91 Å². The number of likely N-dealkylation sites (N-methyl/N-ethyl adjacent to an activating group) is 1. The summed E-state index contributed by atoms with van der Waals surface area (Å²) in [6.07, 6.45) is 5.90. The molecule has 0 unspecified atom stereocenters. The van der Waals surface area contributed by atoms with Crippen molar-refractivity contribution in [2.24, 2.45) is 15.0 Å². The maximum atomic E-state index is 11.7. The summed E-state index contributed by atoms with van der Waals surface area (Å²) in [4.78, 5) is 40.1. The van der Waals surface area contributed by atoms with Crippen LogP contribution in [0.25, 0.3) is 10.7 Å². The van der Waals surface area contributed by atoms with Gasteiger partial charge in [-0.2, -0.15) is 0 Å². The zero-order valence-electron chi connectivity index (χ0n) is 21.4. The zero-order valence-corrected chi connectivity index (χ0v) is 22.2. The van der Waals surface area contributed by atoms with Crippen LogP contribution in [0.15, 0.2) is 38.9 Å². The van der Waals surface area contributed by atoms with E-state index in [1.54, 1.807) is 16.8 Å². The van der Waals surface area contributed by atoms with Crippen LogP contribution in [0.2, 0.25) is 0 Å². The lowest BCUT2D eigenvalue weighted by Crippen LogP contribution is -2.37. The molecule has 3 heterocycles. The quantitative estimate of drug-likeness (QED) is 0.177. The Kier molecular flexibility index (Phi) is 10.9. The molecule has 0 bridgehead atoms. The second-order valence-corrected chi connectivity index (χ2v) is 9.50. The number of carbonyl (C=O) groups is 1. The molecular formula is C25H34N8O3S. The Morgan fingerprint density at radius 3 is 2.78 bits per heavy atom. The molecule has 2 aromatic heterocycles. The highest BCUT2D eigenvalue weighted by atomic mass is 32.1. The number of nitrogens with one attached hydrogen (secondary N) is 1. The SMILES string of the molecule is C=N/C=C(\C=NCCN(C)c1nc(-c2ccc(CCCC)s2)nc(N2CCOCC2)c1N=C)C(=O)NO. The van der Waals surface area contributed by atoms with Crippen molar-refractivity contribution in [1.29, 1.82) is 0 Å². The third-order valence-electron chi connectivity index (χ3n) is 5.73. The number of carbonyl (C=O) groups excluding carboxylic acids is 1. The van der Waals surface area contributed by atoms with E-state index in [9.17, 15) is 4.79 Å². The molecule has 0 atom stereocenters. The minimum Gasteiger partial charge on any atom is -0.378 e. The van der Waals surface area contributed by atoms with E-state index in [0.717, 1.165) is 30.0 Å². The summed E-state index contributed by atoms with van der Waals surface area (Å²) in [5.74, 6) is 1.32. The van der Waals surface area contributed by atoms with Gasteiger partial charge in [0.1, 0.15) is 5.69 Å². The number of aliphatic imine (C=N–C) groups is 3. The molecule has 1 fully saturated rings. The van der Waals surface area contributed by atoms with Gasteiger partial charge in [0.15, 0.2) is 17.5 Å². The summed E-state index contributed by atoms with van der Waals surface area (Å²) in [7, 11) is 1.91. The number of aryl methyl sites for hydroxylation is 1. The van der Waals surface area contributed by atoms with Crippen molar-refractivity contribution in [3.8, 4) is 10.7 Å². The Morgan fingerprint density at radius 2 is 2.11 bits per heavy atom. The molecule has 3 rings (SSSR count). The molecule has 0 radical (unpaired) electrons. The van der Waals surface area contributed by atoms with Crippen LogP contribution in [0, 0.1) is 0 Å². The van der Waals surface area contributed by atoms with Gasteiger partial charge in [0.05, 0.1) is 30.2 Å². The van der Waals surface area contributed by atoms with E-state index in [2.05, 4.69) is 52.4 Å². The molecule has 198 valence electrons. The van der Waals surface area contributed by atoms with Gasteiger partial charge in [-0.1, -0.05) is 13.3 Å². The molecule has 1 saturated heterocycles. The van der Waals surface area contributed by atoms with Crippen molar-refractivity contribution < 1.29 is 14.7 Å². The summed E-state index contributed by atoms with van der Waals surface area (Å²) in [6.45, 7) is 12.8. The Hall–Kier alpha value is -3.48. The van der Waals surface area contributed by atoms with Crippen LogP contribution in [-0.4, -0.2) is 87.2 Å². The van der Waals surface area contributed by atoms with Gasteiger partial charge in [0, 0.05) is 44.0 Å². The van der Waals surface area contributed by atoms with Crippen LogP contribution in [0.4, 0.5) is 17.3 Å². The Morgan fingerprint density at radius 1 is 1.32 bits per heavy atom. The topological polar surface area (TPSA) is 128 Å². The predicted molar refractivity (Wildman–Crippen MR) is 150 cm³/mol. The summed E-state index contributed by atoms with van der Waals surface area (Å²) < 4.78 is 5.54. The van der Waals surface area contributed by atoms with E-state index in [1.807, 2.05) is 11.9 Å².